The van der Waals surface area contributed by atoms with Gasteiger partial charge in [0.2, 0.25) is 0 Å². The van der Waals surface area contributed by atoms with E-state index in [1.54, 1.807) is 0 Å². The first-order chi connectivity index (χ1) is 2.77. The largest absolute Gasteiger partial charge is 0.441 e. The van der Waals surface area contributed by atoms with E-state index < -0.39 is 6.01 Å². The molecule has 0 unspecified atom stereocenters. The highest BCUT2D eigenvalue weighted by molar-refractivity contribution is 4.68. The van der Waals surface area contributed by atoms with E-state index >= 15 is 0 Å². The van der Waals surface area contributed by atoms with E-state index in [2.05, 4.69) is 17.9 Å². The summed E-state index contributed by atoms with van der Waals surface area (Å²) in [5, 5.41) is 0. The smallest absolute Gasteiger partial charge is 0.270 e. The van der Waals surface area contributed by atoms with Crippen LogP contribution in [0.25, 0.3) is 0 Å². The maximum atomic E-state index is 11.2. The summed E-state index contributed by atoms with van der Waals surface area (Å²) in [6.07, 6.45) is 0.975. The monoisotopic (exact) mass is 88.0 g/mol. The van der Waals surface area contributed by atoms with Crippen LogP contribution < -0.4 is 0 Å². The molecule has 0 bridgehead atoms. The summed E-state index contributed by atoms with van der Waals surface area (Å²) in [5.74, 6) is 0. The van der Waals surface area contributed by atoms with Gasteiger partial charge in [0.05, 0.1) is 6.26 Å². The number of ether oxygens (including phenoxy) is 1. The third-order valence-electron chi connectivity index (χ3n) is 0.211. The van der Waals surface area contributed by atoms with Crippen LogP contribution in [0.1, 0.15) is 0 Å². The molecular weight excluding hydrogens is 83.0 g/mol. The molecular formula is C4H5FO. The minimum Gasteiger partial charge on any atom is -0.441 e. The van der Waals surface area contributed by atoms with Gasteiger partial charge in [-0.15, -0.1) is 0 Å². The maximum absolute atomic E-state index is 11.2. The quantitative estimate of drug-likeness (QED) is 0.466. The molecule has 0 aromatic heterocycles. The molecule has 34 valence electrons. The molecule has 0 N–H and O–H groups in total. The van der Waals surface area contributed by atoms with Crippen molar-refractivity contribution in [1.29, 1.82) is 0 Å². The second-order valence-electron chi connectivity index (χ2n) is 0.640. The van der Waals surface area contributed by atoms with Crippen molar-refractivity contribution in [2.75, 3.05) is 0 Å². The zero-order valence-corrected chi connectivity index (χ0v) is 3.28. The Balaban J connectivity index is 3.05. The Hall–Kier alpha value is -0.790. The predicted molar refractivity (Wildman–Crippen MR) is 21.5 cm³/mol. The molecule has 0 aliphatic rings. The third kappa shape index (κ3) is 3.21. The third-order valence-corrected chi connectivity index (χ3v) is 0.211. The topological polar surface area (TPSA) is 9.23 Å². The van der Waals surface area contributed by atoms with Crippen molar-refractivity contribution in [3.8, 4) is 0 Å². The molecule has 0 aromatic rings. The van der Waals surface area contributed by atoms with Gasteiger partial charge in [-0.2, -0.15) is 4.39 Å². The summed E-state index contributed by atoms with van der Waals surface area (Å²) in [5.41, 5.74) is 0. The Morgan fingerprint density at radius 3 is 2.33 bits per heavy atom. The summed E-state index contributed by atoms with van der Waals surface area (Å²) in [7, 11) is 0. The molecule has 1 nitrogen and oxygen atoms in total. The summed E-state index contributed by atoms with van der Waals surface area (Å²) < 4.78 is 15.2. The zero-order valence-electron chi connectivity index (χ0n) is 3.28. The van der Waals surface area contributed by atoms with Gasteiger partial charge in [0.15, 0.2) is 0 Å². The van der Waals surface area contributed by atoms with Crippen molar-refractivity contribution in [2.45, 2.75) is 0 Å². The molecule has 0 aliphatic carbocycles. The van der Waals surface area contributed by atoms with Crippen LogP contribution >= 0.6 is 0 Å². The highest BCUT2D eigenvalue weighted by atomic mass is 19.1. The fraction of sp³-hybridized carbons (Fsp3) is 0. The van der Waals surface area contributed by atoms with Gasteiger partial charge < -0.3 is 4.74 Å². The summed E-state index contributed by atoms with van der Waals surface area (Å²) in [4.78, 5) is 0. The lowest BCUT2D eigenvalue weighted by atomic mass is 11.0. The Kier molecular flexibility index (Phi) is 2.13. The molecule has 0 saturated heterocycles. The Morgan fingerprint density at radius 1 is 1.83 bits per heavy atom. The van der Waals surface area contributed by atoms with Gasteiger partial charge in [-0.25, -0.2) is 0 Å². The first-order valence-corrected chi connectivity index (χ1v) is 1.39. The van der Waals surface area contributed by atoms with E-state index in [0.29, 0.717) is 0 Å². The Labute approximate surface area is 35.7 Å². The van der Waals surface area contributed by atoms with E-state index in [9.17, 15) is 4.39 Å². The lowest BCUT2D eigenvalue weighted by Gasteiger charge is -1.85. The SMILES string of the molecule is C=COC(=C)F. The van der Waals surface area contributed by atoms with Crippen molar-refractivity contribution in [1.82, 2.24) is 0 Å². The molecule has 0 aliphatic heterocycles. The minimum absolute atomic E-state index is 0.829. The molecule has 0 amide bonds. The summed E-state index contributed by atoms with van der Waals surface area (Å²) in [6, 6.07) is -0.829. The molecule has 0 spiro atoms. The number of rotatable bonds is 2. The molecule has 0 fully saturated rings. The van der Waals surface area contributed by atoms with Crippen LogP contribution in [0.5, 0.6) is 0 Å². The average Bonchev–Trinajstić information content (AvgIpc) is 1.35. The van der Waals surface area contributed by atoms with E-state index in [-0.39, 0.29) is 0 Å². The van der Waals surface area contributed by atoms with Gasteiger partial charge in [0.25, 0.3) is 6.01 Å². The van der Waals surface area contributed by atoms with Crippen LogP contribution in [0, 0.1) is 0 Å². The standard InChI is InChI=1S/C4H5FO/c1-3-6-4(2)5/h3H,1-2H2. The summed E-state index contributed by atoms with van der Waals surface area (Å²) >= 11 is 0. The molecule has 0 saturated carbocycles. The van der Waals surface area contributed by atoms with Crippen molar-refractivity contribution >= 4 is 0 Å². The predicted octanol–water partition coefficient (Wildman–Crippen LogP) is 1.59. The Morgan fingerprint density at radius 2 is 2.33 bits per heavy atom. The van der Waals surface area contributed by atoms with Crippen molar-refractivity contribution in [2.24, 2.45) is 0 Å². The number of hydrogen-bond donors (Lipinski definition) is 0. The summed E-state index contributed by atoms with van der Waals surface area (Å²) in [6.45, 7) is 5.86. The minimum atomic E-state index is -0.829. The van der Waals surface area contributed by atoms with Gasteiger partial charge in [-0.05, 0) is 6.58 Å². The van der Waals surface area contributed by atoms with E-state index in [1.807, 2.05) is 0 Å². The Bertz CT molecular complexity index is 67.9. The lowest BCUT2D eigenvalue weighted by molar-refractivity contribution is 0.250. The second-order valence-corrected chi connectivity index (χ2v) is 0.640. The van der Waals surface area contributed by atoms with E-state index in [4.69, 9.17) is 0 Å². The van der Waals surface area contributed by atoms with Gasteiger partial charge in [0.1, 0.15) is 0 Å². The molecule has 0 rings (SSSR count). The molecule has 6 heavy (non-hydrogen) atoms. The van der Waals surface area contributed by atoms with Gasteiger partial charge in [-0.1, -0.05) is 6.58 Å². The fourth-order valence-electron chi connectivity index (χ4n) is 0.0904. The molecule has 2 heteroatoms. The molecule has 0 heterocycles. The number of halogens is 1. The highest BCUT2D eigenvalue weighted by Crippen LogP contribution is 1.90. The highest BCUT2D eigenvalue weighted by Gasteiger charge is 1.75. The molecule has 0 aromatic carbocycles. The van der Waals surface area contributed by atoms with E-state index in [0.717, 1.165) is 6.26 Å². The lowest BCUT2D eigenvalue weighted by Crippen LogP contribution is -1.66. The number of hydrogen-bond acceptors (Lipinski definition) is 1. The van der Waals surface area contributed by atoms with Gasteiger partial charge in [0, 0.05) is 0 Å². The zero-order chi connectivity index (χ0) is 4.99. The van der Waals surface area contributed by atoms with Crippen LogP contribution in [0.15, 0.2) is 25.4 Å². The fourth-order valence-corrected chi connectivity index (χ4v) is 0.0904. The van der Waals surface area contributed by atoms with Crippen LogP contribution in [0.4, 0.5) is 4.39 Å². The van der Waals surface area contributed by atoms with Crippen LogP contribution in [0.3, 0.4) is 0 Å². The first-order valence-electron chi connectivity index (χ1n) is 1.39. The van der Waals surface area contributed by atoms with Crippen LogP contribution in [-0.4, -0.2) is 0 Å². The van der Waals surface area contributed by atoms with E-state index in [1.165, 1.54) is 0 Å². The second kappa shape index (κ2) is 2.45. The van der Waals surface area contributed by atoms with Crippen molar-refractivity contribution < 1.29 is 9.13 Å². The molecule has 0 radical (unpaired) electrons. The maximum Gasteiger partial charge on any atom is 0.270 e. The van der Waals surface area contributed by atoms with Crippen molar-refractivity contribution in [3.63, 3.8) is 0 Å². The molecule has 0 atom stereocenters. The van der Waals surface area contributed by atoms with Crippen LogP contribution in [-0.2, 0) is 4.74 Å². The van der Waals surface area contributed by atoms with Crippen LogP contribution in [0.2, 0.25) is 0 Å². The van der Waals surface area contributed by atoms with Gasteiger partial charge in [-0.3, -0.25) is 0 Å². The first kappa shape index (κ1) is 5.21. The normalized spacial score (nSPS) is 6.83. The van der Waals surface area contributed by atoms with Gasteiger partial charge >= 0.3 is 0 Å². The van der Waals surface area contributed by atoms with Crippen molar-refractivity contribution in [3.05, 3.63) is 25.4 Å². The average molecular weight is 88.1 g/mol.